The van der Waals surface area contributed by atoms with Gasteiger partial charge in [0.25, 0.3) is 0 Å². The lowest BCUT2D eigenvalue weighted by atomic mass is 9.95. The first-order valence-electron chi connectivity index (χ1n) is 7.81. The van der Waals surface area contributed by atoms with Crippen LogP contribution in [0.15, 0.2) is 48.5 Å². The molecule has 2 atom stereocenters. The van der Waals surface area contributed by atoms with Gasteiger partial charge in [0.1, 0.15) is 17.7 Å². The molecule has 3 N–H and O–H groups in total. The van der Waals surface area contributed by atoms with E-state index in [9.17, 15) is 14.0 Å². The number of nitrogens with one attached hydrogen (secondary N) is 3. The van der Waals surface area contributed by atoms with Gasteiger partial charge in [0, 0.05) is 18.0 Å². The van der Waals surface area contributed by atoms with E-state index in [1.807, 2.05) is 24.3 Å². The normalized spacial score (nSPS) is 19.2. The minimum Gasteiger partial charge on any atom is -0.497 e. The zero-order valence-electron chi connectivity index (χ0n) is 13.6. The SMILES string of the molecule is COc1ccc([C@H]2CC(=O)N[C@@H]2NC(=O)Nc2ccc(F)cc2)cc1. The average molecular weight is 343 g/mol. The fraction of sp³-hybridized carbons (Fsp3) is 0.222. The minimum atomic E-state index is -0.527. The summed E-state index contributed by atoms with van der Waals surface area (Å²) in [5.41, 5.74) is 1.38. The van der Waals surface area contributed by atoms with E-state index in [0.717, 1.165) is 11.3 Å². The summed E-state index contributed by atoms with van der Waals surface area (Å²) < 4.78 is 18.0. The Morgan fingerprint density at radius 1 is 1.16 bits per heavy atom. The van der Waals surface area contributed by atoms with E-state index in [1.54, 1.807) is 7.11 Å². The lowest BCUT2D eigenvalue weighted by Gasteiger charge is -2.21. The highest BCUT2D eigenvalue weighted by Crippen LogP contribution is 2.28. The Balaban J connectivity index is 1.67. The summed E-state index contributed by atoms with van der Waals surface area (Å²) in [6.45, 7) is 0. The molecule has 3 rings (SSSR count). The molecule has 0 aromatic heterocycles. The summed E-state index contributed by atoms with van der Waals surface area (Å²) in [5.74, 6) is 0.0263. The van der Waals surface area contributed by atoms with E-state index in [-0.39, 0.29) is 24.1 Å². The number of anilines is 1. The van der Waals surface area contributed by atoms with Crippen LogP contribution in [0.1, 0.15) is 17.9 Å². The molecule has 25 heavy (non-hydrogen) atoms. The second-order valence-corrected chi connectivity index (χ2v) is 5.73. The largest absolute Gasteiger partial charge is 0.497 e. The van der Waals surface area contributed by atoms with Crippen molar-refractivity contribution >= 4 is 17.6 Å². The van der Waals surface area contributed by atoms with Crippen LogP contribution < -0.4 is 20.7 Å². The van der Waals surface area contributed by atoms with E-state index in [4.69, 9.17) is 4.74 Å². The first-order valence-corrected chi connectivity index (χ1v) is 7.81. The number of halogens is 1. The van der Waals surface area contributed by atoms with Crippen LogP contribution in [0, 0.1) is 5.82 Å². The molecule has 6 nitrogen and oxygen atoms in total. The molecule has 0 radical (unpaired) electrons. The van der Waals surface area contributed by atoms with Gasteiger partial charge in [0.2, 0.25) is 5.91 Å². The number of hydrogen-bond donors (Lipinski definition) is 3. The van der Waals surface area contributed by atoms with Gasteiger partial charge in [0.05, 0.1) is 7.11 Å². The summed E-state index contributed by atoms with van der Waals surface area (Å²) in [6, 6.07) is 12.3. The summed E-state index contributed by atoms with van der Waals surface area (Å²) in [5, 5.41) is 8.11. The van der Waals surface area contributed by atoms with Crippen LogP contribution in [0.4, 0.5) is 14.9 Å². The van der Waals surface area contributed by atoms with E-state index < -0.39 is 12.2 Å². The van der Waals surface area contributed by atoms with Gasteiger partial charge in [-0.15, -0.1) is 0 Å². The number of benzene rings is 2. The molecule has 0 bridgehead atoms. The molecular weight excluding hydrogens is 325 g/mol. The monoisotopic (exact) mass is 343 g/mol. The van der Waals surface area contributed by atoms with Crippen molar-refractivity contribution in [3.63, 3.8) is 0 Å². The predicted molar refractivity (Wildman–Crippen MR) is 90.8 cm³/mol. The third kappa shape index (κ3) is 4.06. The molecule has 0 aliphatic carbocycles. The number of urea groups is 1. The number of methoxy groups -OCH3 is 1. The van der Waals surface area contributed by atoms with Gasteiger partial charge in [-0.25, -0.2) is 9.18 Å². The third-order valence-corrected chi connectivity index (χ3v) is 4.06. The van der Waals surface area contributed by atoms with Crippen molar-refractivity contribution < 1.29 is 18.7 Å². The number of carbonyl (C=O) groups excluding carboxylic acids is 2. The zero-order valence-corrected chi connectivity index (χ0v) is 13.6. The van der Waals surface area contributed by atoms with E-state index in [0.29, 0.717) is 5.69 Å². The topological polar surface area (TPSA) is 79.5 Å². The molecule has 2 aromatic rings. The van der Waals surface area contributed by atoms with E-state index >= 15 is 0 Å². The highest BCUT2D eigenvalue weighted by atomic mass is 19.1. The Bertz CT molecular complexity index is 762. The number of hydrogen-bond acceptors (Lipinski definition) is 3. The minimum absolute atomic E-state index is 0.132. The summed E-state index contributed by atoms with van der Waals surface area (Å²) in [6.07, 6.45) is -0.241. The van der Waals surface area contributed by atoms with Crippen LogP contribution in [0.25, 0.3) is 0 Å². The standard InChI is InChI=1S/C18H18FN3O3/c1-25-14-8-2-11(3-9-14)15-10-16(23)21-17(15)22-18(24)20-13-6-4-12(19)5-7-13/h2-9,15,17H,10H2,1H3,(H,21,23)(H2,20,22,24)/t15-,17-/m1/s1. The van der Waals surface area contributed by atoms with Crippen molar-refractivity contribution in [3.8, 4) is 5.75 Å². The first kappa shape index (κ1) is 16.8. The van der Waals surface area contributed by atoms with Crippen LogP contribution in [0.5, 0.6) is 5.75 Å². The van der Waals surface area contributed by atoms with Gasteiger partial charge in [-0.1, -0.05) is 12.1 Å². The highest BCUT2D eigenvalue weighted by Gasteiger charge is 2.34. The third-order valence-electron chi connectivity index (χ3n) is 4.06. The Hall–Kier alpha value is -3.09. The quantitative estimate of drug-likeness (QED) is 0.798. The van der Waals surface area contributed by atoms with Crippen molar-refractivity contribution in [1.82, 2.24) is 10.6 Å². The van der Waals surface area contributed by atoms with Crippen molar-refractivity contribution in [2.45, 2.75) is 18.5 Å². The molecule has 3 amide bonds. The average Bonchev–Trinajstić information content (AvgIpc) is 2.97. The van der Waals surface area contributed by atoms with Gasteiger partial charge in [-0.3, -0.25) is 4.79 Å². The molecule has 130 valence electrons. The molecule has 1 fully saturated rings. The Morgan fingerprint density at radius 3 is 2.48 bits per heavy atom. The number of carbonyl (C=O) groups is 2. The second-order valence-electron chi connectivity index (χ2n) is 5.73. The van der Waals surface area contributed by atoms with Crippen molar-refractivity contribution in [1.29, 1.82) is 0 Å². The van der Waals surface area contributed by atoms with Crippen LogP contribution >= 0.6 is 0 Å². The summed E-state index contributed by atoms with van der Waals surface area (Å²) in [4.78, 5) is 23.9. The summed E-state index contributed by atoms with van der Waals surface area (Å²) >= 11 is 0. The Kier molecular flexibility index (Phi) is 4.83. The van der Waals surface area contributed by atoms with Crippen LogP contribution in [0.2, 0.25) is 0 Å². The van der Waals surface area contributed by atoms with Gasteiger partial charge in [0.15, 0.2) is 0 Å². The molecular formula is C18H18FN3O3. The highest BCUT2D eigenvalue weighted by molar-refractivity contribution is 5.90. The van der Waals surface area contributed by atoms with E-state index in [2.05, 4.69) is 16.0 Å². The molecule has 0 saturated carbocycles. The van der Waals surface area contributed by atoms with Gasteiger partial charge >= 0.3 is 6.03 Å². The molecule has 1 saturated heterocycles. The summed E-state index contributed by atoms with van der Waals surface area (Å²) in [7, 11) is 1.58. The lowest BCUT2D eigenvalue weighted by molar-refractivity contribution is -0.119. The van der Waals surface area contributed by atoms with E-state index in [1.165, 1.54) is 24.3 Å². The smallest absolute Gasteiger partial charge is 0.320 e. The van der Waals surface area contributed by atoms with Crippen molar-refractivity contribution in [3.05, 3.63) is 59.9 Å². The zero-order chi connectivity index (χ0) is 17.8. The van der Waals surface area contributed by atoms with Crippen molar-refractivity contribution in [2.24, 2.45) is 0 Å². The second kappa shape index (κ2) is 7.21. The lowest BCUT2D eigenvalue weighted by Crippen LogP contribution is -2.46. The maximum atomic E-state index is 12.9. The van der Waals surface area contributed by atoms with Crippen molar-refractivity contribution in [2.75, 3.05) is 12.4 Å². The fourth-order valence-corrected chi connectivity index (χ4v) is 2.79. The maximum Gasteiger partial charge on any atom is 0.320 e. The van der Waals surface area contributed by atoms with Crippen LogP contribution in [0.3, 0.4) is 0 Å². The van der Waals surface area contributed by atoms with Gasteiger partial charge < -0.3 is 20.7 Å². The van der Waals surface area contributed by atoms with Crippen LogP contribution in [-0.2, 0) is 4.79 Å². The van der Waals surface area contributed by atoms with Gasteiger partial charge in [-0.2, -0.15) is 0 Å². The molecule has 0 unspecified atom stereocenters. The Labute approximate surface area is 144 Å². The Morgan fingerprint density at radius 2 is 1.84 bits per heavy atom. The molecule has 1 aliphatic heterocycles. The van der Waals surface area contributed by atoms with Crippen LogP contribution in [-0.4, -0.2) is 25.2 Å². The molecule has 1 heterocycles. The maximum absolute atomic E-state index is 12.9. The number of ether oxygens (including phenoxy) is 1. The first-order chi connectivity index (χ1) is 12.0. The van der Waals surface area contributed by atoms with Gasteiger partial charge in [-0.05, 0) is 42.0 Å². The molecule has 2 aromatic carbocycles. The molecule has 7 heteroatoms. The number of amides is 3. The predicted octanol–water partition coefficient (Wildman–Crippen LogP) is 2.59. The molecule has 1 aliphatic rings. The number of rotatable bonds is 4. The molecule has 0 spiro atoms. The fourth-order valence-electron chi connectivity index (χ4n) is 2.79.